The van der Waals surface area contributed by atoms with Crippen molar-refractivity contribution >= 4 is 17.9 Å². The Balaban J connectivity index is 4.28. The summed E-state index contributed by atoms with van der Waals surface area (Å²) >= 11 is 0. The molecule has 0 unspecified atom stereocenters. The van der Waals surface area contributed by atoms with Crippen LogP contribution in [0, 0.1) is 0 Å². The molecule has 0 bridgehead atoms. The van der Waals surface area contributed by atoms with E-state index in [1.54, 1.807) is 0 Å². The SMILES string of the molecule is CCCCC/C=C\CCCCCCCC(=O)O[C@H](COC(=O)CCCCCCCCCCC)COC(=O)CCCCCCCCCCCCCCCCCC. The molecular weight excluding hydrogens is 685 g/mol. The normalized spacial score (nSPS) is 12.0. The third-order valence-corrected chi connectivity index (χ3v) is 10.8. The molecule has 1 atom stereocenters. The van der Waals surface area contributed by atoms with Crippen LogP contribution in [0.2, 0.25) is 0 Å². The summed E-state index contributed by atoms with van der Waals surface area (Å²) in [5.41, 5.74) is 0. The molecule has 0 N–H and O–H groups in total. The van der Waals surface area contributed by atoms with Crippen LogP contribution in [0.15, 0.2) is 12.2 Å². The molecule has 0 aromatic rings. The summed E-state index contributed by atoms with van der Waals surface area (Å²) in [6.07, 6.45) is 47.7. The minimum absolute atomic E-state index is 0.0687. The molecule has 0 saturated heterocycles. The first-order valence-corrected chi connectivity index (χ1v) is 24.2. The van der Waals surface area contributed by atoms with Crippen LogP contribution >= 0.6 is 0 Å². The summed E-state index contributed by atoms with van der Waals surface area (Å²) in [5, 5.41) is 0. The first kappa shape index (κ1) is 53.1. The van der Waals surface area contributed by atoms with Gasteiger partial charge in [0.05, 0.1) is 0 Å². The summed E-state index contributed by atoms with van der Waals surface area (Å²) in [6.45, 7) is 6.61. The predicted molar refractivity (Wildman–Crippen MR) is 233 cm³/mol. The van der Waals surface area contributed by atoms with Gasteiger partial charge in [-0.1, -0.05) is 213 Å². The number of hydrogen-bond acceptors (Lipinski definition) is 6. The fourth-order valence-electron chi connectivity index (χ4n) is 7.08. The molecule has 0 aliphatic heterocycles. The van der Waals surface area contributed by atoms with Gasteiger partial charge in [0.1, 0.15) is 13.2 Å². The van der Waals surface area contributed by atoms with Gasteiger partial charge >= 0.3 is 17.9 Å². The number of carbonyl (C=O) groups excluding carboxylic acids is 3. The van der Waals surface area contributed by atoms with Crippen molar-refractivity contribution in [1.29, 1.82) is 0 Å². The number of unbranched alkanes of at least 4 members (excludes halogenated alkanes) is 31. The molecule has 0 aromatic heterocycles. The van der Waals surface area contributed by atoms with Crippen molar-refractivity contribution in [1.82, 2.24) is 0 Å². The molecule has 6 nitrogen and oxygen atoms in total. The Labute approximate surface area is 341 Å². The molecule has 324 valence electrons. The van der Waals surface area contributed by atoms with Crippen molar-refractivity contribution in [3.05, 3.63) is 12.2 Å². The van der Waals surface area contributed by atoms with Crippen LogP contribution in [0.3, 0.4) is 0 Å². The lowest BCUT2D eigenvalue weighted by Gasteiger charge is -2.18. The number of allylic oxidation sites excluding steroid dienone is 2. The monoisotopic (exact) mass is 777 g/mol. The molecule has 0 saturated carbocycles. The van der Waals surface area contributed by atoms with E-state index >= 15 is 0 Å². The van der Waals surface area contributed by atoms with Gasteiger partial charge in [0.2, 0.25) is 0 Å². The maximum Gasteiger partial charge on any atom is 0.306 e. The van der Waals surface area contributed by atoms with Gasteiger partial charge in [-0.3, -0.25) is 14.4 Å². The lowest BCUT2D eigenvalue weighted by atomic mass is 10.0. The molecule has 0 rings (SSSR count). The fraction of sp³-hybridized carbons (Fsp3) is 0.898. The Morgan fingerprint density at radius 1 is 0.345 bits per heavy atom. The zero-order valence-electron chi connectivity index (χ0n) is 37.0. The van der Waals surface area contributed by atoms with E-state index in [1.807, 2.05) is 0 Å². The highest BCUT2D eigenvalue weighted by atomic mass is 16.6. The standard InChI is InChI=1S/C49H92O6/c1-4-7-10-13-16-19-21-23-24-25-26-28-30-33-36-39-42-48(51)54-45-46(44-53-47(50)41-38-35-32-29-18-15-12-9-6-3)55-49(52)43-40-37-34-31-27-22-20-17-14-11-8-5-2/h17,20,46H,4-16,18-19,21-45H2,1-3H3/b20-17-/t46-/m1/s1. The quantitative estimate of drug-likeness (QED) is 0.0265. The summed E-state index contributed by atoms with van der Waals surface area (Å²) < 4.78 is 16.7. The Kier molecular flexibility index (Phi) is 43.4. The number of hydrogen-bond donors (Lipinski definition) is 0. The number of rotatable bonds is 44. The average Bonchev–Trinajstić information content (AvgIpc) is 3.18. The van der Waals surface area contributed by atoms with E-state index in [0.29, 0.717) is 19.3 Å². The van der Waals surface area contributed by atoms with E-state index < -0.39 is 6.10 Å². The Hall–Kier alpha value is -1.85. The van der Waals surface area contributed by atoms with Crippen molar-refractivity contribution in [3.63, 3.8) is 0 Å². The topological polar surface area (TPSA) is 78.9 Å². The van der Waals surface area contributed by atoms with Gasteiger partial charge in [-0.15, -0.1) is 0 Å². The van der Waals surface area contributed by atoms with Crippen molar-refractivity contribution in [2.45, 2.75) is 271 Å². The molecule has 55 heavy (non-hydrogen) atoms. The first-order valence-electron chi connectivity index (χ1n) is 24.2. The van der Waals surface area contributed by atoms with Crippen LogP contribution in [-0.4, -0.2) is 37.2 Å². The van der Waals surface area contributed by atoms with Crippen LogP contribution in [0.4, 0.5) is 0 Å². The first-order chi connectivity index (χ1) is 27.0. The van der Waals surface area contributed by atoms with Crippen molar-refractivity contribution in [3.8, 4) is 0 Å². The maximum atomic E-state index is 12.7. The second-order valence-corrected chi connectivity index (χ2v) is 16.4. The zero-order chi connectivity index (χ0) is 40.1. The van der Waals surface area contributed by atoms with Crippen LogP contribution in [0.5, 0.6) is 0 Å². The van der Waals surface area contributed by atoms with Crippen LogP contribution < -0.4 is 0 Å². The maximum absolute atomic E-state index is 12.7. The van der Waals surface area contributed by atoms with E-state index in [9.17, 15) is 14.4 Å². The molecule has 0 aliphatic carbocycles. The summed E-state index contributed by atoms with van der Waals surface area (Å²) in [7, 11) is 0. The van der Waals surface area contributed by atoms with E-state index in [-0.39, 0.29) is 31.1 Å². The van der Waals surface area contributed by atoms with E-state index in [4.69, 9.17) is 14.2 Å². The highest BCUT2D eigenvalue weighted by molar-refractivity contribution is 5.71. The van der Waals surface area contributed by atoms with Crippen molar-refractivity contribution < 1.29 is 28.6 Å². The van der Waals surface area contributed by atoms with E-state index in [2.05, 4.69) is 32.9 Å². The minimum atomic E-state index is -0.765. The van der Waals surface area contributed by atoms with E-state index in [1.165, 1.54) is 161 Å². The third kappa shape index (κ3) is 43.1. The largest absolute Gasteiger partial charge is 0.462 e. The van der Waals surface area contributed by atoms with Crippen LogP contribution in [-0.2, 0) is 28.6 Å². The molecular formula is C49H92O6. The Bertz CT molecular complexity index is 854. The van der Waals surface area contributed by atoms with E-state index in [0.717, 1.165) is 64.2 Å². The summed E-state index contributed by atoms with van der Waals surface area (Å²) in [6, 6.07) is 0. The molecule has 0 aliphatic rings. The van der Waals surface area contributed by atoms with Crippen LogP contribution in [0.25, 0.3) is 0 Å². The Morgan fingerprint density at radius 3 is 0.945 bits per heavy atom. The van der Waals surface area contributed by atoms with Crippen molar-refractivity contribution in [2.75, 3.05) is 13.2 Å². The minimum Gasteiger partial charge on any atom is -0.462 e. The second-order valence-electron chi connectivity index (χ2n) is 16.4. The number of carbonyl (C=O) groups is 3. The Morgan fingerprint density at radius 2 is 0.600 bits per heavy atom. The highest BCUT2D eigenvalue weighted by Crippen LogP contribution is 2.16. The molecule has 0 spiro atoms. The summed E-state index contributed by atoms with van der Waals surface area (Å²) in [5.74, 6) is -0.869. The molecule has 0 heterocycles. The lowest BCUT2D eigenvalue weighted by molar-refractivity contribution is -0.167. The lowest BCUT2D eigenvalue weighted by Crippen LogP contribution is -2.30. The molecule has 0 fully saturated rings. The second kappa shape index (κ2) is 44.9. The van der Waals surface area contributed by atoms with Gasteiger partial charge in [-0.2, -0.15) is 0 Å². The smallest absolute Gasteiger partial charge is 0.306 e. The summed E-state index contributed by atoms with van der Waals surface area (Å²) in [4.78, 5) is 37.7. The van der Waals surface area contributed by atoms with Gasteiger partial charge in [0.15, 0.2) is 6.10 Å². The fourth-order valence-corrected chi connectivity index (χ4v) is 7.08. The molecule has 0 amide bonds. The molecule has 0 aromatic carbocycles. The highest BCUT2D eigenvalue weighted by Gasteiger charge is 2.19. The van der Waals surface area contributed by atoms with Gasteiger partial charge < -0.3 is 14.2 Å². The third-order valence-electron chi connectivity index (χ3n) is 10.8. The van der Waals surface area contributed by atoms with Crippen LogP contribution in [0.1, 0.15) is 265 Å². The van der Waals surface area contributed by atoms with Gasteiger partial charge in [0, 0.05) is 19.3 Å². The number of esters is 3. The van der Waals surface area contributed by atoms with Crippen molar-refractivity contribution in [2.24, 2.45) is 0 Å². The molecule has 6 heteroatoms. The van der Waals surface area contributed by atoms with Gasteiger partial charge in [0.25, 0.3) is 0 Å². The predicted octanol–water partition coefficient (Wildman–Crippen LogP) is 15.4. The molecule has 0 radical (unpaired) electrons. The van der Waals surface area contributed by atoms with Gasteiger partial charge in [-0.05, 0) is 44.9 Å². The van der Waals surface area contributed by atoms with Gasteiger partial charge in [-0.25, -0.2) is 0 Å². The number of ether oxygens (including phenoxy) is 3. The average molecular weight is 777 g/mol. The zero-order valence-corrected chi connectivity index (χ0v) is 37.0.